The molecule has 1 nitrogen and oxygen atoms in total. The summed E-state index contributed by atoms with van der Waals surface area (Å²) in [5.74, 6) is 0. The van der Waals surface area contributed by atoms with Crippen LogP contribution in [0.1, 0.15) is 5.56 Å². The van der Waals surface area contributed by atoms with E-state index in [9.17, 15) is 0 Å². The van der Waals surface area contributed by atoms with E-state index in [4.69, 9.17) is 0 Å². The number of hydrogen-bond acceptors (Lipinski definition) is 1. The third-order valence-corrected chi connectivity index (χ3v) is 2.10. The molecule has 60 valence electrons. The lowest BCUT2D eigenvalue weighted by molar-refractivity contribution is 0.403. The molecule has 0 saturated heterocycles. The molecule has 0 aliphatic rings. The van der Waals surface area contributed by atoms with E-state index >= 15 is 0 Å². The molecule has 0 N–H and O–H groups in total. The molecule has 0 fully saturated rings. The summed E-state index contributed by atoms with van der Waals surface area (Å²) in [6, 6.07) is 8.40. The fourth-order valence-electron chi connectivity index (χ4n) is 1.02. The molecule has 0 radical (unpaired) electrons. The molecular formula is C9H14NP. The SMILES string of the molecule is CN(C)Cc1ccccc1P. The molecule has 0 saturated carbocycles. The second kappa shape index (κ2) is 3.85. The zero-order valence-electron chi connectivity index (χ0n) is 7.04. The maximum Gasteiger partial charge on any atom is 0.0233 e. The summed E-state index contributed by atoms with van der Waals surface area (Å²) in [6.07, 6.45) is 0. The van der Waals surface area contributed by atoms with Gasteiger partial charge in [0.25, 0.3) is 0 Å². The van der Waals surface area contributed by atoms with Gasteiger partial charge in [-0.3, -0.25) is 0 Å². The Morgan fingerprint density at radius 1 is 1.27 bits per heavy atom. The third-order valence-electron chi connectivity index (χ3n) is 1.54. The molecule has 1 rings (SSSR count). The Labute approximate surface area is 70.6 Å². The fourth-order valence-corrected chi connectivity index (χ4v) is 1.32. The summed E-state index contributed by atoms with van der Waals surface area (Å²) >= 11 is 0. The first kappa shape index (κ1) is 8.70. The molecular weight excluding hydrogens is 153 g/mol. The normalized spacial score (nSPS) is 10.5. The van der Waals surface area contributed by atoms with Gasteiger partial charge in [-0.15, -0.1) is 9.24 Å². The van der Waals surface area contributed by atoms with E-state index in [1.54, 1.807) is 0 Å². The van der Waals surface area contributed by atoms with Crippen molar-refractivity contribution in [2.45, 2.75) is 6.54 Å². The molecule has 1 atom stereocenters. The predicted molar refractivity (Wildman–Crippen MR) is 53.2 cm³/mol. The second-order valence-electron chi connectivity index (χ2n) is 2.94. The van der Waals surface area contributed by atoms with Gasteiger partial charge in [0.1, 0.15) is 0 Å². The molecule has 0 aliphatic heterocycles. The Morgan fingerprint density at radius 2 is 1.91 bits per heavy atom. The lowest BCUT2D eigenvalue weighted by atomic mass is 10.2. The molecule has 1 aromatic carbocycles. The molecule has 0 spiro atoms. The van der Waals surface area contributed by atoms with Crippen LogP contribution in [0, 0.1) is 0 Å². The summed E-state index contributed by atoms with van der Waals surface area (Å²) in [6.45, 7) is 1.01. The van der Waals surface area contributed by atoms with Crippen molar-refractivity contribution in [1.82, 2.24) is 4.90 Å². The van der Waals surface area contributed by atoms with Crippen LogP contribution in [0.15, 0.2) is 24.3 Å². The average molecular weight is 167 g/mol. The molecule has 11 heavy (non-hydrogen) atoms. The maximum atomic E-state index is 2.75. The number of rotatable bonds is 2. The molecule has 0 aliphatic carbocycles. The van der Waals surface area contributed by atoms with Crippen LogP contribution in [-0.4, -0.2) is 19.0 Å². The van der Waals surface area contributed by atoms with Crippen LogP contribution in [-0.2, 0) is 6.54 Å². The van der Waals surface area contributed by atoms with Crippen LogP contribution in [0.4, 0.5) is 0 Å². The van der Waals surface area contributed by atoms with Crippen LogP contribution in [0.5, 0.6) is 0 Å². The summed E-state index contributed by atoms with van der Waals surface area (Å²) in [5, 5.41) is 1.29. The van der Waals surface area contributed by atoms with Crippen LogP contribution < -0.4 is 5.30 Å². The van der Waals surface area contributed by atoms with E-state index in [0.29, 0.717) is 0 Å². The van der Waals surface area contributed by atoms with Gasteiger partial charge in [-0.05, 0) is 25.0 Å². The van der Waals surface area contributed by atoms with Crippen molar-refractivity contribution < 1.29 is 0 Å². The Balaban J connectivity index is 2.78. The topological polar surface area (TPSA) is 3.24 Å². The van der Waals surface area contributed by atoms with Crippen LogP contribution in [0.2, 0.25) is 0 Å². The zero-order valence-corrected chi connectivity index (χ0v) is 8.20. The maximum absolute atomic E-state index is 2.75. The third kappa shape index (κ3) is 2.61. The molecule has 0 heterocycles. The Kier molecular flexibility index (Phi) is 3.04. The van der Waals surface area contributed by atoms with Gasteiger partial charge >= 0.3 is 0 Å². The molecule has 2 heteroatoms. The number of benzene rings is 1. The van der Waals surface area contributed by atoms with Gasteiger partial charge < -0.3 is 4.90 Å². The second-order valence-corrected chi connectivity index (χ2v) is 3.56. The van der Waals surface area contributed by atoms with Gasteiger partial charge in [0.15, 0.2) is 0 Å². The van der Waals surface area contributed by atoms with E-state index in [-0.39, 0.29) is 0 Å². The van der Waals surface area contributed by atoms with Crippen molar-refractivity contribution in [3.8, 4) is 0 Å². The van der Waals surface area contributed by atoms with Gasteiger partial charge in [0.05, 0.1) is 0 Å². The summed E-state index contributed by atoms with van der Waals surface area (Å²) in [5.41, 5.74) is 1.38. The largest absolute Gasteiger partial charge is 0.305 e. The van der Waals surface area contributed by atoms with Crippen molar-refractivity contribution in [3.05, 3.63) is 29.8 Å². The van der Waals surface area contributed by atoms with E-state index in [1.807, 2.05) is 0 Å². The lowest BCUT2D eigenvalue weighted by Crippen LogP contribution is -2.14. The van der Waals surface area contributed by atoms with Gasteiger partial charge in [-0.25, -0.2) is 0 Å². The standard InChI is InChI=1S/C9H14NP/c1-10(2)7-8-5-3-4-6-9(8)11/h3-6H,7,11H2,1-2H3. The van der Waals surface area contributed by atoms with Crippen LogP contribution >= 0.6 is 9.24 Å². The summed E-state index contributed by atoms with van der Waals surface area (Å²) < 4.78 is 0. The van der Waals surface area contributed by atoms with Crippen molar-refractivity contribution in [3.63, 3.8) is 0 Å². The van der Waals surface area contributed by atoms with Crippen molar-refractivity contribution >= 4 is 14.5 Å². The minimum Gasteiger partial charge on any atom is -0.305 e. The Bertz CT molecular complexity index is 233. The van der Waals surface area contributed by atoms with E-state index in [1.165, 1.54) is 10.9 Å². The number of nitrogens with zero attached hydrogens (tertiary/aromatic N) is 1. The highest BCUT2D eigenvalue weighted by Gasteiger charge is 1.96. The molecule has 1 unspecified atom stereocenters. The Morgan fingerprint density at radius 3 is 2.45 bits per heavy atom. The average Bonchev–Trinajstić information content (AvgIpc) is 1.93. The van der Waals surface area contributed by atoms with Crippen molar-refractivity contribution in [1.29, 1.82) is 0 Å². The van der Waals surface area contributed by atoms with E-state index in [2.05, 4.69) is 52.5 Å². The minimum absolute atomic E-state index is 1.01. The predicted octanol–water partition coefficient (Wildman–Crippen LogP) is 1.25. The molecule has 0 aromatic heterocycles. The first-order valence-corrected chi connectivity index (χ1v) is 4.26. The smallest absolute Gasteiger partial charge is 0.0233 e. The highest BCUT2D eigenvalue weighted by atomic mass is 31.0. The van der Waals surface area contributed by atoms with Gasteiger partial charge in [-0.1, -0.05) is 24.3 Å². The zero-order chi connectivity index (χ0) is 8.27. The highest BCUT2D eigenvalue weighted by molar-refractivity contribution is 7.27. The first-order valence-electron chi connectivity index (χ1n) is 3.68. The van der Waals surface area contributed by atoms with Gasteiger partial charge in [0.2, 0.25) is 0 Å². The quantitative estimate of drug-likeness (QED) is 0.599. The van der Waals surface area contributed by atoms with Gasteiger partial charge in [-0.2, -0.15) is 0 Å². The van der Waals surface area contributed by atoms with Crippen LogP contribution in [0.25, 0.3) is 0 Å². The van der Waals surface area contributed by atoms with Crippen LogP contribution in [0.3, 0.4) is 0 Å². The van der Waals surface area contributed by atoms with Crippen molar-refractivity contribution in [2.75, 3.05) is 14.1 Å². The number of hydrogen-bond donors (Lipinski definition) is 0. The highest BCUT2D eigenvalue weighted by Crippen LogP contribution is 2.02. The fraction of sp³-hybridized carbons (Fsp3) is 0.333. The van der Waals surface area contributed by atoms with E-state index < -0.39 is 0 Å². The molecule has 0 amide bonds. The monoisotopic (exact) mass is 167 g/mol. The lowest BCUT2D eigenvalue weighted by Gasteiger charge is -2.11. The van der Waals surface area contributed by atoms with E-state index in [0.717, 1.165) is 6.54 Å². The van der Waals surface area contributed by atoms with Gasteiger partial charge in [0, 0.05) is 6.54 Å². The molecule has 0 bridgehead atoms. The first-order chi connectivity index (χ1) is 5.20. The summed E-state index contributed by atoms with van der Waals surface area (Å²) in [4.78, 5) is 2.17. The molecule has 1 aromatic rings. The summed E-state index contributed by atoms with van der Waals surface area (Å²) in [7, 11) is 6.91. The van der Waals surface area contributed by atoms with Crippen molar-refractivity contribution in [2.24, 2.45) is 0 Å². The minimum atomic E-state index is 1.01. The Hall–Kier alpha value is -0.390.